The molecule has 0 atom stereocenters. The van der Waals surface area contributed by atoms with E-state index in [4.69, 9.17) is 4.74 Å². The van der Waals surface area contributed by atoms with E-state index in [1.54, 1.807) is 24.3 Å². The number of para-hydroxylation sites is 1. The number of carbonyl (C=O) groups excluding carboxylic acids is 2. The van der Waals surface area contributed by atoms with Gasteiger partial charge in [0.15, 0.2) is 5.78 Å². The Kier molecular flexibility index (Phi) is 4.59. The highest BCUT2D eigenvalue weighted by Gasteiger charge is 2.43. The third kappa shape index (κ3) is 3.17. The molecule has 2 amide bonds. The maximum absolute atomic E-state index is 12.7. The fraction of sp³-hybridized carbons (Fsp3) is 0.333. The number of nitrogens with zero attached hydrogens (tertiary/aromatic N) is 1. The van der Waals surface area contributed by atoms with Crippen molar-refractivity contribution >= 4 is 28.4 Å². The van der Waals surface area contributed by atoms with Crippen LogP contribution in [-0.4, -0.2) is 41.4 Å². The molecule has 0 radical (unpaired) electrons. The summed E-state index contributed by atoms with van der Waals surface area (Å²) in [4.78, 5) is 29.6. The highest BCUT2D eigenvalue weighted by molar-refractivity contribution is 5.95. The standard InChI is InChI=1S/C24H25N3O3/c1-16(28)17-6-8-18(9-7-17)25-23(29)27-13-11-24(12-14-27)22-20(10-15-30-24)19-4-2-3-5-21(19)26-22/h2-9,26H,10-15H2,1H3,(H,25,29). The van der Waals surface area contributed by atoms with Crippen molar-refractivity contribution in [3.63, 3.8) is 0 Å². The first-order valence-electron chi connectivity index (χ1n) is 10.5. The summed E-state index contributed by atoms with van der Waals surface area (Å²) in [6, 6.07) is 15.3. The Balaban J connectivity index is 1.30. The minimum Gasteiger partial charge on any atom is -0.368 e. The fourth-order valence-corrected chi connectivity index (χ4v) is 4.73. The summed E-state index contributed by atoms with van der Waals surface area (Å²) in [7, 11) is 0. The van der Waals surface area contributed by atoms with Gasteiger partial charge < -0.3 is 19.9 Å². The molecule has 154 valence electrons. The van der Waals surface area contributed by atoms with Gasteiger partial charge in [-0.3, -0.25) is 4.79 Å². The Labute approximate surface area is 175 Å². The highest BCUT2D eigenvalue weighted by Crippen LogP contribution is 2.43. The van der Waals surface area contributed by atoms with Crippen molar-refractivity contribution in [2.24, 2.45) is 0 Å². The van der Waals surface area contributed by atoms with Gasteiger partial charge in [0.1, 0.15) is 5.60 Å². The lowest BCUT2D eigenvalue weighted by Gasteiger charge is -2.43. The van der Waals surface area contributed by atoms with Crippen LogP contribution in [0.2, 0.25) is 0 Å². The van der Waals surface area contributed by atoms with Gasteiger partial charge in [0.25, 0.3) is 0 Å². The molecule has 5 rings (SSSR count). The smallest absolute Gasteiger partial charge is 0.321 e. The predicted octanol–water partition coefficient (Wildman–Crippen LogP) is 4.47. The van der Waals surface area contributed by atoms with Crippen molar-refractivity contribution in [3.05, 3.63) is 65.4 Å². The number of urea groups is 1. The molecule has 0 bridgehead atoms. The molecule has 2 aliphatic rings. The van der Waals surface area contributed by atoms with Crippen molar-refractivity contribution < 1.29 is 14.3 Å². The van der Waals surface area contributed by atoms with Gasteiger partial charge in [-0.25, -0.2) is 4.79 Å². The number of H-pyrrole nitrogens is 1. The van der Waals surface area contributed by atoms with Crippen LogP contribution in [0, 0.1) is 0 Å². The highest BCUT2D eigenvalue weighted by atomic mass is 16.5. The third-order valence-corrected chi connectivity index (χ3v) is 6.40. The van der Waals surface area contributed by atoms with Crippen LogP contribution >= 0.6 is 0 Å². The summed E-state index contributed by atoms with van der Waals surface area (Å²) in [6.07, 6.45) is 2.45. The van der Waals surface area contributed by atoms with Gasteiger partial charge in [-0.05, 0) is 62.1 Å². The van der Waals surface area contributed by atoms with E-state index >= 15 is 0 Å². The van der Waals surface area contributed by atoms with E-state index in [2.05, 4.69) is 28.5 Å². The van der Waals surface area contributed by atoms with E-state index in [1.807, 2.05) is 11.0 Å². The average Bonchev–Trinajstić information content (AvgIpc) is 3.15. The largest absolute Gasteiger partial charge is 0.368 e. The molecular weight excluding hydrogens is 378 g/mol. The molecule has 2 aromatic carbocycles. The summed E-state index contributed by atoms with van der Waals surface area (Å²) >= 11 is 0. The molecule has 1 saturated heterocycles. The SMILES string of the molecule is CC(=O)c1ccc(NC(=O)N2CCC3(CC2)OCCc2c3[nH]c3ccccc23)cc1. The first kappa shape index (κ1) is 18.9. The Hall–Kier alpha value is -3.12. The van der Waals surface area contributed by atoms with E-state index in [0.717, 1.165) is 24.8 Å². The number of hydrogen-bond acceptors (Lipinski definition) is 3. The van der Waals surface area contributed by atoms with Crippen molar-refractivity contribution in [2.75, 3.05) is 25.0 Å². The molecule has 2 aliphatic heterocycles. The van der Waals surface area contributed by atoms with Gasteiger partial charge in [-0.15, -0.1) is 0 Å². The minimum atomic E-state index is -0.341. The summed E-state index contributed by atoms with van der Waals surface area (Å²) in [5, 5.41) is 4.22. The fourth-order valence-electron chi connectivity index (χ4n) is 4.73. The lowest BCUT2D eigenvalue weighted by molar-refractivity contribution is -0.0943. The Bertz CT molecular complexity index is 1110. The van der Waals surface area contributed by atoms with E-state index in [9.17, 15) is 9.59 Å². The monoisotopic (exact) mass is 403 g/mol. The van der Waals surface area contributed by atoms with Crippen LogP contribution in [0.3, 0.4) is 0 Å². The molecule has 0 unspecified atom stereocenters. The first-order chi connectivity index (χ1) is 14.6. The molecule has 3 aromatic rings. The van der Waals surface area contributed by atoms with E-state index in [-0.39, 0.29) is 17.4 Å². The van der Waals surface area contributed by atoms with Gasteiger partial charge in [0.05, 0.1) is 12.3 Å². The minimum absolute atomic E-state index is 0.0121. The summed E-state index contributed by atoms with van der Waals surface area (Å²) < 4.78 is 6.32. The molecule has 0 saturated carbocycles. The summed E-state index contributed by atoms with van der Waals surface area (Å²) in [6.45, 7) is 3.50. The van der Waals surface area contributed by atoms with Crippen LogP contribution in [0.5, 0.6) is 0 Å². The molecule has 1 aromatic heterocycles. The van der Waals surface area contributed by atoms with Gasteiger partial charge in [-0.2, -0.15) is 0 Å². The number of nitrogens with one attached hydrogen (secondary N) is 2. The normalized spacial score (nSPS) is 17.7. The predicted molar refractivity (Wildman–Crippen MR) is 116 cm³/mol. The number of piperidine rings is 1. The number of anilines is 1. The second kappa shape index (κ2) is 7.29. The van der Waals surface area contributed by atoms with Gasteiger partial charge in [-0.1, -0.05) is 18.2 Å². The maximum atomic E-state index is 12.7. The van der Waals surface area contributed by atoms with Crippen molar-refractivity contribution in [3.8, 4) is 0 Å². The second-order valence-electron chi connectivity index (χ2n) is 8.17. The summed E-state index contributed by atoms with van der Waals surface area (Å²) in [5.41, 5.74) is 4.69. The number of Topliss-reactive ketones (excluding diaryl/α,β-unsaturated/α-hetero) is 1. The maximum Gasteiger partial charge on any atom is 0.321 e. The molecule has 0 aliphatic carbocycles. The van der Waals surface area contributed by atoms with Gasteiger partial charge in [0.2, 0.25) is 0 Å². The van der Waals surface area contributed by atoms with E-state index in [1.165, 1.54) is 23.6 Å². The van der Waals surface area contributed by atoms with Crippen molar-refractivity contribution in [1.82, 2.24) is 9.88 Å². The van der Waals surface area contributed by atoms with Crippen LogP contribution in [0.15, 0.2) is 48.5 Å². The van der Waals surface area contributed by atoms with Crippen LogP contribution in [0.1, 0.15) is 41.4 Å². The van der Waals surface area contributed by atoms with Crippen LogP contribution in [0.25, 0.3) is 10.9 Å². The van der Waals surface area contributed by atoms with Gasteiger partial charge >= 0.3 is 6.03 Å². The Morgan fingerprint density at radius 1 is 1.07 bits per heavy atom. The molecule has 6 nitrogen and oxygen atoms in total. The van der Waals surface area contributed by atoms with E-state index < -0.39 is 0 Å². The van der Waals surface area contributed by atoms with E-state index in [0.29, 0.717) is 30.9 Å². The number of aromatic nitrogens is 1. The zero-order valence-electron chi connectivity index (χ0n) is 17.0. The molecule has 30 heavy (non-hydrogen) atoms. The molecule has 1 fully saturated rings. The third-order valence-electron chi connectivity index (χ3n) is 6.40. The van der Waals surface area contributed by atoms with Crippen LogP contribution < -0.4 is 5.32 Å². The molecule has 3 heterocycles. The zero-order valence-corrected chi connectivity index (χ0v) is 17.0. The molecule has 6 heteroatoms. The number of carbonyl (C=O) groups is 2. The number of rotatable bonds is 2. The number of aromatic amines is 1. The lowest BCUT2D eigenvalue weighted by Crippen LogP contribution is -2.49. The number of amides is 2. The van der Waals surface area contributed by atoms with Crippen molar-refractivity contribution in [1.29, 1.82) is 0 Å². The van der Waals surface area contributed by atoms with Gasteiger partial charge in [0, 0.05) is 35.2 Å². The molecule has 2 N–H and O–H groups in total. The number of ether oxygens (including phenoxy) is 1. The number of fused-ring (bicyclic) bond motifs is 4. The van der Waals surface area contributed by atoms with Crippen molar-refractivity contribution in [2.45, 2.75) is 31.8 Å². The Morgan fingerprint density at radius 2 is 1.80 bits per heavy atom. The number of hydrogen-bond donors (Lipinski definition) is 2. The second-order valence-corrected chi connectivity index (χ2v) is 8.17. The first-order valence-corrected chi connectivity index (χ1v) is 10.5. The van der Waals surface area contributed by atoms with Crippen LogP contribution in [0.4, 0.5) is 10.5 Å². The molecule has 1 spiro atoms. The Morgan fingerprint density at radius 3 is 2.53 bits per heavy atom. The number of likely N-dealkylation sites (tertiary alicyclic amines) is 1. The zero-order chi connectivity index (χ0) is 20.7. The summed E-state index contributed by atoms with van der Waals surface area (Å²) in [5.74, 6) is 0.0121. The quantitative estimate of drug-likeness (QED) is 0.620. The topological polar surface area (TPSA) is 74.4 Å². The van der Waals surface area contributed by atoms with Crippen LogP contribution in [-0.2, 0) is 16.8 Å². The number of ketones is 1. The number of benzene rings is 2. The lowest BCUT2D eigenvalue weighted by atomic mass is 9.83. The average molecular weight is 403 g/mol. The molecular formula is C24H25N3O3.